The lowest BCUT2D eigenvalue weighted by Crippen LogP contribution is -2.24. The van der Waals surface area contributed by atoms with Crippen LogP contribution in [-0.2, 0) is 5.41 Å². The fourth-order valence-corrected chi connectivity index (χ4v) is 2.39. The molecule has 0 aromatic heterocycles. The van der Waals surface area contributed by atoms with Gasteiger partial charge in [-0.1, -0.05) is 38.1 Å². The Hall–Kier alpha value is -1.24. The molecule has 1 nitrogen and oxygen atoms in total. The normalized spacial score (nSPS) is 18.1. The number of likely N-dealkylation sites (N-methyl/N-ethyl adjacent to an activating group) is 1. The third kappa shape index (κ3) is 1.30. The van der Waals surface area contributed by atoms with E-state index in [0.29, 0.717) is 0 Å². The molecule has 1 aliphatic heterocycles. The number of hydrogen-bond acceptors (Lipinski definition) is 1. The highest BCUT2D eigenvalue weighted by Crippen LogP contribution is 2.46. The van der Waals surface area contributed by atoms with Gasteiger partial charge in [-0.2, -0.15) is 0 Å². The van der Waals surface area contributed by atoms with Crippen LogP contribution in [0, 0.1) is 6.92 Å². The van der Waals surface area contributed by atoms with Gasteiger partial charge in [-0.25, -0.2) is 0 Å². The second kappa shape index (κ2) is 3.13. The molecule has 0 saturated heterocycles. The number of hydrogen-bond donors (Lipinski definition) is 0. The summed E-state index contributed by atoms with van der Waals surface area (Å²) in [5.74, 6) is 0. The number of aryl methyl sites for hydroxylation is 1. The predicted molar refractivity (Wildman–Crippen MR) is 66.4 cm³/mol. The molecule has 0 fully saturated rings. The van der Waals surface area contributed by atoms with Crippen molar-refractivity contribution in [2.45, 2.75) is 33.1 Å². The van der Waals surface area contributed by atoms with Crippen LogP contribution < -0.4 is 4.90 Å². The van der Waals surface area contributed by atoms with Crippen molar-refractivity contribution in [1.29, 1.82) is 0 Å². The van der Waals surface area contributed by atoms with E-state index in [1.807, 2.05) is 0 Å². The highest BCUT2D eigenvalue weighted by molar-refractivity contribution is 5.70. The Balaban J connectivity index is 2.65. The van der Waals surface area contributed by atoms with Gasteiger partial charge in [-0.3, -0.25) is 0 Å². The van der Waals surface area contributed by atoms with Crippen LogP contribution in [-0.4, -0.2) is 6.54 Å². The first-order valence-corrected chi connectivity index (χ1v) is 5.56. The van der Waals surface area contributed by atoms with E-state index >= 15 is 0 Å². The highest BCUT2D eigenvalue weighted by Gasteiger charge is 2.37. The molecule has 0 unspecified atom stereocenters. The van der Waals surface area contributed by atoms with Gasteiger partial charge in [0.25, 0.3) is 0 Å². The van der Waals surface area contributed by atoms with Gasteiger partial charge in [0.2, 0.25) is 0 Å². The molecule has 1 heteroatoms. The molecule has 0 aliphatic carbocycles. The summed E-state index contributed by atoms with van der Waals surface area (Å²) in [6.45, 7) is 14.1. The molecule has 2 rings (SSSR count). The van der Waals surface area contributed by atoms with Gasteiger partial charge < -0.3 is 4.90 Å². The Labute approximate surface area is 92.4 Å². The molecule has 0 saturated carbocycles. The quantitative estimate of drug-likeness (QED) is 0.670. The molecule has 1 aliphatic rings. The van der Waals surface area contributed by atoms with Crippen molar-refractivity contribution in [3.8, 4) is 0 Å². The SMILES string of the molecule is C=C1N(CC)c2ccc(C)cc2C1(C)C. The van der Waals surface area contributed by atoms with E-state index in [1.165, 1.54) is 22.5 Å². The van der Waals surface area contributed by atoms with Crippen molar-refractivity contribution in [2.75, 3.05) is 11.4 Å². The third-order valence-corrected chi connectivity index (χ3v) is 3.48. The first-order chi connectivity index (χ1) is 6.98. The minimum atomic E-state index is 0.0807. The Morgan fingerprint density at radius 2 is 2.00 bits per heavy atom. The van der Waals surface area contributed by atoms with Crippen LogP contribution in [0.25, 0.3) is 0 Å². The van der Waals surface area contributed by atoms with E-state index in [4.69, 9.17) is 0 Å². The number of fused-ring (bicyclic) bond motifs is 1. The summed E-state index contributed by atoms with van der Waals surface area (Å²) in [5.41, 5.74) is 5.36. The number of nitrogens with zero attached hydrogens (tertiary/aromatic N) is 1. The molecule has 1 aromatic rings. The van der Waals surface area contributed by atoms with E-state index < -0.39 is 0 Å². The molecular formula is C14H19N. The van der Waals surface area contributed by atoms with Crippen molar-refractivity contribution in [1.82, 2.24) is 0 Å². The molecule has 0 atom stereocenters. The smallest absolute Gasteiger partial charge is 0.0450 e. The Kier molecular flexibility index (Phi) is 2.14. The summed E-state index contributed by atoms with van der Waals surface area (Å²) in [7, 11) is 0. The zero-order valence-electron chi connectivity index (χ0n) is 10.1. The van der Waals surface area contributed by atoms with Crippen LogP contribution in [0.4, 0.5) is 5.69 Å². The fraction of sp³-hybridized carbons (Fsp3) is 0.429. The van der Waals surface area contributed by atoms with E-state index in [-0.39, 0.29) is 5.41 Å². The minimum Gasteiger partial charge on any atom is -0.345 e. The Morgan fingerprint density at radius 3 is 2.60 bits per heavy atom. The Bertz CT molecular complexity index is 415. The molecule has 1 aromatic carbocycles. The van der Waals surface area contributed by atoms with Crippen molar-refractivity contribution >= 4 is 5.69 Å². The standard InChI is InChI=1S/C14H19N/c1-6-15-11(3)14(4,5)12-9-10(2)7-8-13(12)15/h7-9H,3,6H2,1-2,4-5H3. The van der Waals surface area contributed by atoms with Crippen LogP contribution in [0.2, 0.25) is 0 Å². The monoisotopic (exact) mass is 201 g/mol. The van der Waals surface area contributed by atoms with Gasteiger partial charge in [-0.15, -0.1) is 0 Å². The first-order valence-electron chi connectivity index (χ1n) is 5.56. The summed E-state index contributed by atoms with van der Waals surface area (Å²) in [6, 6.07) is 6.68. The van der Waals surface area contributed by atoms with E-state index in [0.717, 1.165) is 6.54 Å². The first kappa shape index (κ1) is 10.3. The zero-order chi connectivity index (χ0) is 11.2. The number of allylic oxidation sites excluding steroid dienone is 1. The number of anilines is 1. The predicted octanol–water partition coefficient (Wildman–Crippen LogP) is 3.63. The summed E-state index contributed by atoms with van der Waals surface area (Å²) in [5, 5.41) is 0. The third-order valence-electron chi connectivity index (χ3n) is 3.48. The maximum atomic E-state index is 4.23. The van der Waals surface area contributed by atoms with E-state index in [2.05, 4.69) is 57.4 Å². The molecule has 0 spiro atoms. The Morgan fingerprint density at radius 1 is 1.33 bits per heavy atom. The fourth-order valence-electron chi connectivity index (χ4n) is 2.39. The van der Waals surface area contributed by atoms with Crippen LogP contribution >= 0.6 is 0 Å². The lowest BCUT2D eigenvalue weighted by molar-refractivity contribution is 0.636. The lowest BCUT2D eigenvalue weighted by atomic mass is 9.84. The maximum Gasteiger partial charge on any atom is 0.0450 e. The molecule has 0 amide bonds. The topological polar surface area (TPSA) is 3.24 Å². The van der Waals surface area contributed by atoms with Crippen LogP contribution in [0.5, 0.6) is 0 Å². The van der Waals surface area contributed by atoms with Crippen molar-refractivity contribution in [2.24, 2.45) is 0 Å². The largest absolute Gasteiger partial charge is 0.345 e. The lowest BCUT2D eigenvalue weighted by Gasteiger charge is -2.24. The number of rotatable bonds is 1. The second-order valence-corrected chi connectivity index (χ2v) is 4.84. The van der Waals surface area contributed by atoms with Crippen LogP contribution in [0.15, 0.2) is 30.5 Å². The summed E-state index contributed by atoms with van der Waals surface area (Å²) < 4.78 is 0. The van der Waals surface area contributed by atoms with Gasteiger partial charge in [0.05, 0.1) is 0 Å². The average Bonchev–Trinajstić information content (AvgIpc) is 2.37. The average molecular weight is 201 g/mol. The maximum absolute atomic E-state index is 4.23. The number of benzene rings is 1. The van der Waals surface area contributed by atoms with Gasteiger partial charge in [-0.05, 0) is 25.5 Å². The molecule has 0 radical (unpaired) electrons. The molecule has 1 heterocycles. The zero-order valence-corrected chi connectivity index (χ0v) is 10.1. The molecule has 0 N–H and O–H groups in total. The van der Waals surface area contributed by atoms with Gasteiger partial charge >= 0.3 is 0 Å². The van der Waals surface area contributed by atoms with Gasteiger partial charge in [0, 0.05) is 23.3 Å². The summed E-state index contributed by atoms with van der Waals surface area (Å²) in [4.78, 5) is 2.31. The second-order valence-electron chi connectivity index (χ2n) is 4.84. The highest BCUT2D eigenvalue weighted by atomic mass is 15.2. The van der Waals surface area contributed by atoms with Gasteiger partial charge in [0.1, 0.15) is 0 Å². The van der Waals surface area contributed by atoms with Crippen LogP contribution in [0.1, 0.15) is 31.9 Å². The van der Waals surface area contributed by atoms with Gasteiger partial charge in [0.15, 0.2) is 0 Å². The van der Waals surface area contributed by atoms with Crippen LogP contribution in [0.3, 0.4) is 0 Å². The van der Waals surface area contributed by atoms with E-state index in [1.54, 1.807) is 0 Å². The van der Waals surface area contributed by atoms with Crippen molar-refractivity contribution in [3.05, 3.63) is 41.6 Å². The molecule has 80 valence electrons. The van der Waals surface area contributed by atoms with Crippen molar-refractivity contribution in [3.63, 3.8) is 0 Å². The summed E-state index contributed by atoms with van der Waals surface area (Å²) in [6.07, 6.45) is 0. The minimum absolute atomic E-state index is 0.0807. The molecule has 15 heavy (non-hydrogen) atoms. The molecular weight excluding hydrogens is 182 g/mol. The molecule has 0 bridgehead atoms. The van der Waals surface area contributed by atoms with E-state index in [9.17, 15) is 0 Å². The van der Waals surface area contributed by atoms with Crippen molar-refractivity contribution < 1.29 is 0 Å². The summed E-state index contributed by atoms with van der Waals surface area (Å²) >= 11 is 0.